The third kappa shape index (κ3) is 6.55. The average molecular weight is 605 g/mol. The second kappa shape index (κ2) is 13.4. The van der Waals surface area contributed by atoms with Crippen LogP contribution in [0.2, 0.25) is 0 Å². The summed E-state index contributed by atoms with van der Waals surface area (Å²) in [6, 6.07) is 36.6. The SMILES string of the molecule is CC[C@@H]1C[C@H](OCc2ccccc2)[C@@H](OCc2ccccc2)[C@H](c2cc(C(C)(C)c3cc4ccccc4s3)c(C)cc2C)O1. The highest BCUT2D eigenvalue weighted by Gasteiger charge is 2.42. The molecular formula is C40H44O3S. The lowest BCUT2D eigenvalue weighted by Crippen LogP contribution is -2.46. The minimum atomic E-state index is -0.247. The van der Waals surface area contributed by atoms with Gasteiger partial charge in [0.2, 0.25) is 0 Å². The van der Waals surface area contributed by atoms with E-state index in [1.807, 2.05) is 23.5 Å². The first-order chi connectivity index (χ1) is 21.3. The highest BCUT2D eigenvalue weighted by Crippen LogP contribution is 2.44. The topological polar surface area (TPSA) is 27.7 Å². The van der Waals surface area contributed by atoms with E-state index in [2.05, 4.69) is 126 Å². The maximum atomic E-state index is 6.94. The number of hydrogen-bond acceptors (Lipinski definition) is 4. The average Bonchev–Trinajstić information content (AvgIpc) is 3.49. The smallest absolute Gasteiger partial charge is 0.114 e. The Bertz CT molecular complexity index is 1640. The Morgan fingerprint density at radius 2 is 1.41 bits per heavy atom. The van der Waals surface area contributed by atoms with E-state index in [-0.39, 0.29) is 29.8 Å². The van der Waals surface area contributed by atoms with Gasteiger partial charge in [-0.05, 0) is 71.2 Å². The van der Waals surface area contributed by atoms with Gasteiger partial charge in [-0.25, -0.2) is 0 Å². The molecule has 4 atom stereocenters. The number of thiophene rings is 1. The van der Waals surface area contributed by atoms with E-state index in [1.165, 1.54) is 42.8 Å². The van der Waals surface area contributed by atoms with Crippen LogP contribution in [-0.4, -0.2) is 18.3 Å². The lowest BCUT2D eigenvalue weighted by atomic mass is 9.77. The van der Waals surface area contributed by atoms with Crippen molar-refractivity contribution in [3.63, 3.8) is 0 Å². The van der Waals surface area contributed by atoms with Crippen LogP contribution in [0, 0.1) is 13.8 Å². The molecule has 0 spiro atoms. The Labute approximate surface area is 266 Å². The van der Waals surface area contributed by atoms with E-state index < -0.39 is 0 Å². The van der Waals surface area contributed by atoms with Crippen molar-refractivity contribution in [3.8, 4) is 0 Å². The summed E-state index contributed by atoms with van der Waals surface area (Å²) in [6.45, 7) is 12.4. The number of rotatable bonds is 10. The first kappa shape index (κ1) is 30.7. The van der Waals surface area contributed by atoms with Crippen molar-refractivity contribution in [1.82, 2.24) is 0 Å². The van der Waals surface area contributed by atoms with Gasteiger partial charge in [0.15, 0.2) is 0 Å². The van der Waals surface area contributed by atoms with Crippen LogP contribution in [0.4, 0.5) is 0 Å². The van der Waals surface area contributed by atoms with E-state index in [4.69, 9.17) is 14.2 Å². The van der Waals surface area contributed by atoms with Crippen molar-refractivity contribution in [2.45, 2.75) is 90.5 Å². The maximum Gasteiger partial charge on any atom is 0.114 e. The number of ether oxygens (including phenoxy) is 3. The molecule has 2 heterocycles. The molecule has 0 N–H and O–H groups in total. The first-order valence-corrected chi connectivity index (χ1v) is 16.7. The van der Waals surface area contributed by atoms with E-state index in [9.17, 15) is 0 Å². The lowest BCUT2D eigenvalue weighted by Gasteiger charge is -2.42. The Morgan fingerprint density at radius 1 is 0.773 bits per heavy atom. The molecule has 0 unspecified atom stereocenters. The third-order valence-corrected chi connectivity index (χ3v) is 10.6. The number of benzene rings is 4. The van der Waals surface area contributed by atoms with Crippen LogP contribution >= 0.6 is 11.3 Å². The molecule has 1 aromatic heterocycles. The molecule has 3 nitrogen and oxygen atoms in total. The van der Waals surface area contributed by atoms with Gasteiger partial charge in [-0.2, -0.15) is 0 Å². The maximum absolute atomic E-state index is 6.94. The van der Waals surface area contributed by atoms with Crippen molar-refractivity contribution in [2.24, 2.45) is 0 Å². The predicted molar refractivity (Wildman–Crippen MR) is 182 cm³/mol. The molecule has 1 saturated heterocycles. The summed E-state index contributed by atoms with van der Waals surface area (Å²) < 4.78 is 21.8. The molecule has 0 amide bonds. The highest BCUT2D eigenvalue weighted by atomic mass is 32.1. The minimum Gasteiger partial charge on any atom is -0.371 e. The molecule has 5 aromatic rings. The van der Waals surface area contributed by atoms with Gasteiger partial charge in [0, 0.05) is 21.4 Å². The Kier molecular flexibility index (Phi) is 9.34. The number of hydrogen-bond donors (Lipinski definition) is 0. The molecule has 0 saturated carbocycles. The molecular weight excluding hydrogens is 561 g/mol. The van der Waals surface area contributed by atoms with E-state index in [0.29, 0.717) is 13.2 Å². The molecule has 44 heavy (non-hydrogen) atoms. The summed E-state index contributed by atoms with van der Waals surface area (Å²) in [7, 11) is 0. The van der Waals surface area contributed by atoms with Gasteiger partial charge < -0.3 is 14.2 Å². The summed E-state index contributed by atoms with van der Waals surface area (Å²) in [4.78, 5) is 1.37. The van der Waals surface area contributed by atoms with Crippen LogP contribution < -0.4 is 0 Å². The quantitative estimate of drug-likeness (QED) is 0.159. The molecule has 1 fully saturated rings. The molecule has 6 rings (SSSR count). The number of fused-ring (bicyclic) bond motifs is 1. The van der Waals surface area contributed by atoms with Gasteiger partial charge in [-0.3, -0.25) is 0 Å². The first-order valence-electron chi connectivity index (χ1n) is 15.9. The van der Waals surface area contributed by atoms with Crippen molar-refractivity contribution in [3.05, 3.63) is 141 Å². The Hall–Kier alpha value is -3.28. The van der Waals surface area contributed by atoms with E-state index in [1.54, 1.807) is 0 Å². The molecule has 228 valence electrons. The van der Waals surface area contributed by atoms with E-state index in [0.717, 1.165) is 18.4 Å². The zero-order chi connectivity index (χ0) is 30.7. The van der Waals surface area contributed by atoms with Crippen molar-refractivity contribution < 1.29 is 14.2 Å². The Morgan fingerprint density at radius 3 is 2.07 bits per heavy atom. The van der Waals surface area contributed by atoms with Crippen LogP contribution in [0.1, 0.15) is 78.0 Å². The van der Waals surface area contributed by atoms with Gasteiger partial charge >= 0.3 is 0 Å². The van der Waals surface area contributed by atoms with Crippen molar-refractivity contribution in [1.29, 1.82) is 0 Å². The molecule has 1 aliphatic rings. The van der Waals surface area contributed by atoms with Crippen LogP contribution in [0.5, 0.6) is 0 Å². The summed E-state index contributed by atoms with van der Waals surface area (Å²) in [5.74, 6) is 0. The molecule has 0 bridgehead atoms. The molecule has 0 radical (unpaired) electrons. The zero-order valence-electron chi connectivity index (χ0n) is 26.6. The summed E-state index contributed by atoms with van der Waals surface area (Å²) >= 11 is 1.89. The van der Waals surface area contributed by atoms with Gasteiger partial charge in [-0.1, -0.05) is 112 Å². The standard InChI is InChI=1S/C40H44O3S/c1-6-32-23-35(41-25-29-15-9-7-10-16-29)39(42-26-30-17-11-8-12-18-30)38(43-32)33-24-34(28(3)21-27(33)2)40(4,5)37-22-31-19-13-14-20-36(31)44-37/h7-22,24,32,35,38-39H,6,23,25-26H2,1-5H3/t32-,35+,38+,39-/m1/s1. The van der Waals surface area contributed by atoms with Crippen molar-refractivity contribution in [2.75, 3.05) is 0 Å². The van der Waals surface area contributed by atoms with Crippen molar-refractivity contribution >= 4 is 21.4 Å². The fraction of sp³-hybridized carbons (Fsp3) is 0.350. The predicted octanol–water partition coefficient (Wildman–Crippen LogP) is 10.3. The largest absolute Gasteiger partial charge is 0.371 e. The Balaban J connectivity index is 1.38. The fourth-order valence-electron chi connectivity index (χ4n) is 6.61. The zero-order valence-corrected chi connectivity index (χ0v) is 27.4. The molecule has 4 heteroatoms. The van der Waals surface area contributed by atoms with Crippen LogP contribution in [-0.2, 0) is 32.8 Å². The van der Waals surface area contributed by atoms with E-state index >= 15 is 0 Å². The van der Waals surface area contributed by atoms with Gasteiger partial charge in [-0.15, -0.1) is 11.3 Å². The molecule has 4 aromatic carbocycles. The number of aryl methyl sites for hydroxylation is 2. The minimum absolute atomic E-state index is 0.0945. The third-order valence-electron chi connectivity index (χ3n) is 9.18. The fourth-order valence-corrected chi connectivity index (χ4v) is 7.79. The summed E-state index contributed by atoms with van der Waals surface area (Å²) in [5, 5.41) is 1.31. The van der Waals surface area contributed by atoms with Crippen LogP contribution in [0.15, 0.2) is 103 Å². The monoisotopic (exact) mass is 604 g/mol. The second-order valence-corrected chi connectivity index (χ2v) is 13.8. The van der Waals surface area contributed by atoms with Gasteiger partial charge in [0.05, 0.1) is 25.4 Å². The molecule has 0 aliphatic carbocycles. The second-order valence-electron chi connectivity index (χ2n) is 12.7. The summed E-state index contributed by atoms with van der Waals surface area (Å²) in [6.07, 6.45) is 1.25. The van der Waals surface area contributed by atoms with Crippen LogP contribution in [0.3, 0.4) is 0 Å². The highest BCUT2D eigenvalue weighted by molar-refractivity contribution is 7.19. The van der Waals surface area contributed by atoms with Crippen LogP contribution in [0.25, 0.3) is 10.1 Å². The van der Waals surface area contributed by atoms with Gasteiger partial charge in [0.1, 0.15) is 12.2 Å². The molecule has 1 aliphatic heterocycles. The lowest BCUT2D eigenvalue weighted by molar-refractivity contribution is -0.211. The summed E-state index contributed by atoms with van der Waals surface area (Å²) in [5.41, 5.74) is 7.21. The normalized spacial score (nSPS) is 20.7. The van der Waals surface area contributed by atoms with Gasteiger partial charge in [0.25, 0.3) is 0 Å².